The number of rotatable bonds is 3. The van der Waals surface area contributed by atoms with Crippen molar-refractivity contribution >= 4 is 11.9 Å². The third-order valence-corrected chi connectivity index (χ3v) is 0.881. The first kappa shape index (κ1) is 11.6. The largest absolute Gasteiger partial charge is 0.477 e. The van der Waals surface area contributed by atoms with E-state index in [9.17, 15) is 9.59 Å². The van der Waals surface area contributed by atoms with E-state index in [1.165, 1.54) is 5.94 Å². The minimum atomic E-state index is -1.16. The fourth-order valence-electron chi connectivity index (χ4n) is 0.452. The molecule has 0 rings (SSSR count). The Morgan fingerprint density at radius 1 is 1.60 bits per heavy atom. The number of carbonyl (C=O) groups excluding carboxylic acids is 1. The Kier molecular flexibility index (Phi) is 7.00. The molecule has 0 spiro atoms. The number of carbonyl (C=O) groups is 1. The van der Waals surface area contributed by atoms with E-state index >= 15 is 0 Å². The van der Waals surface area contributed by atoms with Crippen molar-refractivity contribution < 1.29 is 20.2 Å². The highest BCUT2D eigenvalue weighted by Gasteiger charge is 2.04. The van der Waals surface area contributed by atoms with Crippen molar-refractivity contribution in [2.75, 3.05) is 0 Å². The van der Waals surface area contributed by atoms with Crippen molar-refractivity contribution in [3.05, 3.63) is 5.57 Å². The Morgan fingerprint density at radius 2 is 2.10 bits per heavy atom. The Morgan fingerprint density at radius 3 is 2.20 bits per heavy atom. The van der Waals surface area contributed by atoms with Crippen LogP contribution in [0.4, 0.5) is 0 Å². The molecule has 3 N–H and O–H groups in total. The molecule has 0 aliphatic rings. The van der Waals surface area contributed by atoms with Gasteiger partial charge in [-0.25, -0.2) is 9.59 Å². The van der Waals surface area contributed by atoms with E-state index in [1.54, 1.807) is 6.92 Å². The van der Waals surface area contributed by atoms with Crippen molar-refractivity contribution in [2.45, 2.75) is 19.8 Å². The zero-order valence-electron chi connectivity index (χ0n) is 5.68. The normalized spacial score (nSPS) is 7.30. The average molecular weight is 146 g/mol. The van der Waals surface area contributed by atoms with Crippen molar-refractivity contribution in [2.24, 2.45) is 0 Å². The van der Waals surface area contributed by atoms with E-state index in [2.05, 4.69) is 0 Å². The van der Waals surface area contributed by atoms with E-state index < -0.39 is 5.97 Å². The maximum absolute atomic E-state index is 10.0. The second-order valence-electron chi connectivity index (χ2n) is 1.64. The number of carboxylic acids is 1. The Bertz CT molecular complexity index is 155. The summed E-state index contributed by atoms with van der Waals surface area (Å²) >= 11 is 0. The van der Waals surface area contributed by atoms with Gasteiger partial charge in [0.2, 0.25) is 0 Å². The summed E-state index contributed by atoms with van der Waals surface area (Å²) in [5.74, 6) is 0.209. The summed E-state index contributed by atoms with van der Waals surface area (Å²) in [6, 6.07) is 0. The second kappa shape index (κ2) is 6.01. The summed E-state index contributed by atoms with van der Waals surface area (Å²) in [7, 11) is 0. The summed E-state index contributed by atoms with van der Waals surface area (Å²) in [6.07, 6.45) is 0.968. The van der Waals surface area contributed by atoms with Gasteiger partial charge in [0.1, 0.15) is 11.5 Å². The van der Waals surface area contributed by atoms with Crippen LogP contribution in [0.3, 0.4) is 0 Å². The monoisotopic (exact) mass is 146 g/mol. The summed E-state index contributed by atoms with van der Waals surface area (Å²) in [5, 5.41) is 8.20. The van der Waals surface area contributed by atoms with Crippen LogP contribution in [0.1, 0.15) is 19.8 Å². The first-order chi connectivity index (χ1) is 4.22. The van der Waals surface area contributed by atoms with Gasteiger partial charge in [-0.2, -0.15) is 0 Å². The molecule has 0 heterocycles. The molecule has 0 radical (unpaired) electrons. The van der Waals surface area contributed by atoms with E-state index in [0.29, 0.717) is 12.8 Å². The van der Waals surface area contributed by atoms with Gasteiger partial charge < -0.3 is 10.6 Å². The smallest absolute Gasteiger partial charge is 0.342 e. The lowest BCUT2D eigenvalue weighted by molar-refractivity contribution is -0.132. The van der Waals surface area contributed by atoms with Crippen LogP contribution in [0.15, 0.2) is 5.57 Å². The quantitative estimate of drug-likeness (QED) is 0.442. The van der Waals surface area contributed by atoms with Gasteiger partial charge in [0.05, 0.1) is 0 Å². The number of hydrogen-bond donors (Lipinski definition) is 1. The third-order valence-electron chi connectivity index (χ3n) is 0.881. The van der Waals surface area contributed by atoms with Crippen LogP contribution in [-0.4, -0.2) is 22.5 Å². The minimum absolute atomic E-state index is 0. The average Bonchev–Trinajstić information content (AvgIpc) is 1.82. The molecule has 0 aliphatic carbocycles. The van der Waals surface area contributed by atoms with Crippen LogP contribution in [0.25, 0.3) is 0 Å². The lowest BCUT2D eigenvalue weighted by Crippen LogP contribution is -2.00. The molecule has 0 saturated carbocycles. The van der Waals surface area contributed by atoms with Crippen LogP contribution in [0.5, 0.6) is 0 Å². The van der Waals surface area contributed by atoms with Crippen LogP contribution in [0, 0.1) is 0 Å². The van der Waals surface area contributed by atoms with Gasteiger partial charge in [-0.3, -0.25) is 0 Å². The van der Waals surface area contributed by atoms with Gasteiger partial charge in [0.25, 0.3) is 0 Å². The lowest BCUT2D eigenvalue weighted by Gasteiger charge is -1.89. The van der Waals surface area contributed by atoms with E-state index in [4.69, 9.17) is 5.11 Å². The van der Waals surface area contributed by atoms with E-state index in [0.717, 1.165) is 0 Å². The molecule has 0 atom stereocenters. The zero-order chi connectivity index (χ0) is 7.28. The molecule has 0 aliphatic heterocycles. The van der Waals surface area contributed by atoms with Gasteiger partial charge in [-0.05, 0) is 6.42 Å². The van der Waals surface area contributed by atoms with Crippen molar-refractivity contribution in [1.29, 1.82) is 0 Å². The predicted molar refractivity (Wildman–Crippen MR) is 35.4 cm³/mol. The van der Waals surface area contributed by atoms with Crippen LogP contribution >= 0.6 is 0 Å². The Balaban J connectivity index is 0. The Hall–Kier alpha value is -1.12. The fraction of sp³-hybridized carbons (Fsp3) is 0.500. The van der Waals surface area contributed by atoms with Crippen LogP contribution in [0.2, 0.25) is 0 Å². The molecule has 0 aromatic carbocycles. The molecule has 58 valence electrons. The lowest BCUT2D eigenvalue weighted by atomic mass is 10.2. The second-order valence-corrected chi connectivity index (χ2v) is 1.64. The molecule has 0 aromatic rings. The zero-order valence-corrected chi connectivity index (χ0v) is 5.68. The Labute approximate surface area is 58.5 Å². The van der Waals surface area contributed by atoms with Gasteiger partial charge in [-0.1, -0.05) is 13.3 Å². The molecule has 0 bridgehead atoms. The molecule has 0 aromatic heterocycles. The molecular weight excluding hydrogens is 136 g/mol. The predicted octanol–water partition coefficient (Wildman–Crippen LogP) is -0.196. The topological polar surface area (TPSA) is 85.9 Å². The first-order valence-corrected chi connectivity index (χ1v) is 2.69. The van der Waals surface area contributed by atoms with Crippen LogP contribution < -0.4 is 0 Å². The highest BCUT2D eigenvalue weighted by atomic mass is 16.4. The highest BCUT2D eigenvalue weighted by molar-refractivity contribution is 5.95. The highest BCUT2D eigenvalue weighted by Crippen LogP contribution is 1.98. The molecule has 10 heavy (non-hydrogen) atoms. The number of hydrogen-bond acceptors (Lipinski definition) is 2. The number of carboxylic acid groups (broad SMARTS) is 1. The molecular formula is C6H10O4. The summed E-state index contributed by atoms with van der Waals surface area (Å²) < 4.78 is 0. The maximum atomic E-state index is 10.0. The van der Waals surface area contributed by atoms with Crippen molar-refractivity contribution in [1.82, 2.24) is 0 Å². The van der Waals surface area contributed by atoms with E-state index in [-0.39, 0.29) is 11.0 Å². The fourth-order valence-corrected chi connectivity index (χ4v) is 0.452. The molecule has 0 saturated heterocycles. The molecule has 0 amide bonds. The van der Waals surface area contributed by atoms with Gasteiger partial charge >= 0.3 is 5.97 Å². The van der Waals surface area contributed by atoms with Crippen molar-refractivity contribution in [3.8, 4) is 0 Å². The summed E-state index contributed by atoms with van der Waals surface area (Å²) in [6.45, 7) is 1.81. The first-order valence-electron chi connectivity index (χ1n) is 2.69. The molecule has 0 unspecified atom stereocenters. The van der Waals surface area contributed by atoms with E-state index in [1.807, 2.05) is 0 Å². The molecule has 4 nitrogen and oxygen atoms in total. The van der Waals surface area contributed by atoms with Crippen LogP contribution in [-0.2, 0) is 9.59 Å². The van der Waals surface area contributed by atoms with Gasteiger partial charge in [-0.15, -0.1) is 0 Å². The SMILES string of the molecule is CCCC(=C=O)C(=O)O.O. The van der Waals surface area contributed by atoms with Crippen molar-refractivity contribution in [3.63, 3.8) is 0 Å². The summed E-state index contributed by atoms with van der Waals surface area (Å²) in [5.41, 5.74) is -0.169. The summed E-state index contributed by atoms with van der Waals surface area (Å²) in [4.78, 5) is 19.8. The molecule has 0 fully saturated rings. The standard InChI is InChI=1S/C6H8O3.H2O/c1-2-3-5(4-7)6(8)9;/h2-3H2,1H3,(H,8,9);1H2. The minimum Gasteiger partial charge on any atom is -0.477 e. The maximum Gasteiger partial charge on any atom is 0.342 e. The number of aliphatic carboxylic acids is 1. The van der Waals surface area contributed by atoms with Gasteiger partial charge in [0.15, 0.2) is 0 Å². The third kappa shape index (κ3) is 3.83. The van der Waals surface area contributed by atoms with Gasteiger partial charge in [0, 0.05) is 0 Å². The molecule has 4 heteroatoms.